The number of para-hydroxylation sites is 1. The first-order valence-corrected chi connectivity index (χ1v) is 14.1. The summed E-state index contributed by atoms with van der Waals surface area (Å²) in [5.74, 6) is -0.825. The second kappa shape index (κ2) is 12.4. The number of carbonyl (C=O) groups excluding carboxylic acids is 2. The van der Waals surface area contributed by atoms with Crippen LogP contribution in [0, 0.1) is 0 Å². The first-order chi connectivity index (χ1) is 19.3. The number of nitrogens with zero attached hydrogens (tertiary/aromatic N) is 3. The number of nitrogens with one attached hydrogen (secondary N) is 1. The molecule has 2 atom stereocenters. The molecule has 0 bridgehead atoms. The van der Waals surface area contributed by atoms with Gasteiger partial charge in [0, 0.05) is 48.4 Å². The van der Waals surface area contributed by atoms with E-state index in [-0.39, 0.29) is 24.1 Å². The van der Waals surface area contributed by atoms with Crippen molar-refractivity contribution in [1.29, 1.82) is 0 Å². The Morgan fingerprint density at radius 2 is 1.62 bits per heavy atom. The van der Waals surface area contributed by atoms with Crippen LogP contribution in [0.4, 0.5) is 13.2 Å². The second-order valence-electron chi connectivity index (χ2n) is 10.8. The zero-order valence-electron chi connectivity index (χ0n) is 22.4. The van der Waals surface area contributed by atoms with Crippen molar-refractivity contribution in [3.63, 3.8) is 0 Å². The van der Waals surface area contributed by atoms with Crippen molar-refractivity contribution in [1.82, 2.24) is 20.1 Å². The van der Waals surface area contributed by atoms with Crippen molar-refractivity contribution in [3.05, 3.63) is 78.0 Å². The Labute approximate surface area is 232 Å². The standard InChI is InChI=1S/C22H28F3N3O2.C9H7N/c23-22(24,25)16-6-4-5-15(13-16)21(30)26-14-20(29)28-12-10-18-19(28)9-11-27(18)17-7-2-1-3-8-17;1-2-6-9-8(4-1)5-3-7-10-9/h4-6,13,17-19H,1-3,7-12,14H2,(H,26,30);1-7H. The lowest BCUT2D eigenvalue weighted by molar-refractivity contribution is -0.137. The number of halogens is 3. The van der Waals surface area contributed by atoms with Crippen LogP contribution in [0.2, 0.25) is 0 Å². The Bertz CT molecular complexity index is 1260. The van der Waals surface area contributed by atoms with Gasteiger partial charge in [0.1, 0.15) is 0 Å². The molecule has 1 saturated carbocycles. The van der Waals surface area contributed by atoms with Gasteiger partial charge in [-0.1, -0.05) is 49.6 Å². The summed E-state index contributed by atoms with van der Waals surface area (Å²) in [5.41, 5.74) is 0.0869. The summed E-state index contributed by atoms with van der Waals surface area (Å²) in [6, 6.07) is 17.5. The van der Waals surface area contributed by atoms with Gasteiger partial charge in [-0.3, -0.25) is 19.5 Å². The highest BCUT2D eigenvalue weighted by Gasteiger charge is 2.46. The number of amides is 2. The highest BCUT2D eigenvalue weighted by Crippen LogP contribution is 2.36. The van der Waals surface area contributed by atoms with Gasteiger partial charge in [-0.2, -0.15) is 13.2 Å². The first kappa shape index (κ1) is 28.1. The van der Waals surface area contributed by atoms with Gasteiger partial charge < -0.3 is 10.2 Å². The molecular weight excluding hydrogens is 517 g/mol. The Morgan fingerprint density at radius 3 is 2.40 bits per heavy atom. The molecular formula is C31H35F3N4O2. The third kappa shape index (κ3) is 6.46. The zero-order valence-corrected chi connectivity index (χ0v) is 22.4. The van der Waals surface area contributed by atoms with Gasteiger partial charge in [0.05, 0.1) is 17.6 Å². The minimum Gasteiger partial charge on any atom is -0.343 e. The summed E-state index contributed by atoms with van der Waals surface area (Å²) >= 11 is 0. The molecule has 0 radical (unpaired) electrons. The largest absolute Gasteiger partial charge is 0.416 e. The molecule has 1 aliphatic carbocycles. The van der Waals surface area contributed by atoms with Crippen molar-refractivity contribution < 1.29 is 22.8 Å². The van der Waals surface area contributed by atoms with E-state index in [0.717, 1.165) is 37.0 Å². The van der Waals surface area contributed by atoms with Crippen LogP contribution >= 0.6 is 0 Å². The number of alkyl halides is 3. The molecule has 2 saturated heterocycles. The smallest absolute Gasteiger partial charge is 0.343 e. The summed E-state index contributed by atoms with van der Waals surface area (Å²) in [7, 11) is 0. The van der Waals surface area contributed by atoms with Gasteiger partial charge in [0.15, 0.2) is 0 Å². The maximum Gasteiger partial charge on any atom is 0.416 e. The molecule has 2 aromatic carbocycles. The number of hydrogen-bond acceptors (Lipinski definition) is 4. The van der Waals surface area contributed by atoms with Gasteiger partial charge in [0.25, 0.3) is 5.91 Å². The quantitative estimate of drug-likeness (QED) is 0.453. The minimum absolute atomic E-state index is 0.0961. The van der Waals surface area contributed by atoms with E-state index >= 15 is 0 Å². The van der Waals surface area contributed by atoms with E-state index in [2.05, 4.69) is 27.3 Å². The van der Waals surface area contributed by atoms with Crippen LogP contribution in [-0.2, 0) is 11.0 Å². The fourth-order valence-corrected chi connectivity index (χ4v) is 6.41. The highest BCUT2D eigenvalue weighted by atomic mass is 19.4. The maximum absolute atomic E-state index is 12.8. The number of pyridine rings is 1. The van der Waals surface area contributed by atoms with E-state index in [1.165, 1.54) is 49.6 Å². The summed E-state index contributed by atoms with van der Waals surface area (Å²) < 4.78 is 38.5. The van der Waals surface area contributed by atoms with Gasteiger partial charge in [-0.25, -0.2) is 0 Å². The Morgan fingerprint density at radius 1 is 0.875 bits per heavy atom. The normalized spacial score (nSPS) is 21.5. The second-order valence-corrected chi connectivity index (χ2v) is 10.8. The summed E-state index contributed by atoms with van der Waals surface area (Å²) in [4.78, 5) is 33.7. The third-order valence-corrected chi connectivity index (χ3v) is 8.35. The predicted molar refractivity (Wildman–Crippen MR) is 148 cm³/mol. The van der Waals surface area contributed by atoms with Crippen LogP contribution in [0.1, 0.15) is 60.9 Å². The van der Waals surface area contributed by atoms with E-state index in [1.807, 2.05) is 35.4 Å². The van der Waals surface area contributed by atoms with Crippen molar-refractivity contribution >= 4 is 22.7 Å². The molecule has 3 aromatic rings. The lowest BCUT2D eigenvalue weighted by atomic mass is 9.93. The molecule has 9 heteroatoms. The molecule has 6 rings (SSSR count). The van der Waals surface area contributed by atoms with E-state index in [0.29, 0.717) is 18.6 Å². The van der Waals surface area contributed by atoms with Gasteiger partial charge in [0.2, 0.25) is 5.91 Å². The summed E-state index contributed by atoms with van der Waals surface area (Å²) in [6.45, 7) is 1.50. The lowest BCUT2D eigenvalue weighted by Gasteiger charge is -2.35. The number of fused-ring (bicyclic) bond motifs is 2. The van der Waals surface area contributed by atoms with Gasteiger partial charge in [-0.15, -0.1) is 0 Å². The number of rotatable bonds is 4. The van der Waals surface area contributed by atoms with Crippen LogP contribution in [0.3, 0.4) is 0 Å². The van der Waals surface area contributed by atoms with Crippen molar-refractivity contribution in [2.45, 2.75) is 69.2 Å². The Balaban J connectivity index is 0.000000269. The molecule has 40 heavy (non-hydrogen) atoms. The summed E-state index contributed by atoms with van der Waals surface area (Å²) in [5, 5.41) is 3.70. The molecule has 3 heterocycles. The van der Waals surface area contributed by atoms with E-state index < -0.39 is 17.6 Å². The molecule has 3 aliphatic rings. The highest BCUT2D eigenvalue weighted by molar-refractivity contribution is 5.96. The molecule has 2 aliphatic heterocycles. The fraction of sp³-hybridized carbons (Fsp3) is 0.452. The minimum atomic E-state index is -4.51. The topological polar surface area (TPSA) is 65.5 Å². The van der Waals surface area contributed by atoms with Gasteiger partial charge in [-0.05, 0) is 56.0 Å². The number of hydrogen-bond donors (Lipinski definition) is 1. The van der Waals surface area contributed by atoms with Crippen molar-refractivity contribution in [3.8, 4) is 0 Å². The maximum atomic E-state index is 12.8. The zero-order chi connectivity index (χ0) is 28.1. The molecule has 2 amide bonds. The summed E-state index contributed by atoms with van der Waals surface area (Å²) in [6.07, 6.45) is 5.56. The van der Waals surface area contributed by atoms with Gasteiger partial charge >= 0.3 is 6.18 Å². The fourth-order valence-electron chi connectivity index (χ4n) is 6.41. The first-order valence-electron chi connectivity index (χ1n) is 14.1. The number of aromatic nitrogens is 1. The number of likely N-dealkylation sites (tertiary alicyclic amines) is 2. The molecule has 3 fully saturated rings. The van der Waals surface area contributed by atoms with Crippen molar-refractivity contribution in [2.24, 2.45) is 0 Å². The van der Waals surface area contributed by atoms with Crippen LogP contribution in [0.5, 0.6) is 0 Å². The molecule has 212 valence electrons. The molecule has 1 aromatic heterocycles. The van der Waals surface area contributed by atoms with E-state index in [1.54, 1.807) is 0 Å². The predicted octanol–water partition coefficient (Wildman–Crippen LogP) is 5.68. The average molecular weight is 553 g/mol. The van der Waals surface area contributed by atoms with Crippen LogP contribution in [-0.4, -0.2) is 64.4 Å². The molecule has 6 nitrogen and oxygen atoms in total. The average Bonchev–Trinajstić information content (AvgIpc) is 3.59. The lowest BCUT2D eigenvalue weighted by Crippen LogP contribution is -2.46. The third-order valence-electron chi connectivity index (χ3n) is 8.35. The number of benzene rings is 2. The molecule has 2 unspecified atom stereocenters. The Kier molecular flexibility index (Phi) is 8.69. The van der Waals surface area contributed by atoms with Crippen LogP contribution < -0.4 is 5.32 Å². The molecule has 0 spiro atoms. The Hall–Kier alpha value is -3.46. The van der Waals surface area contributed by atoms with E-state index in [4.69, 9.17) is 0 Å². The number of carbonyl (C=O) groups is 2. The molecule has 1 N–H and O–H groups in total. The monoisotopic (exact) mass is 552 g/mol. The van der Waals surface area contributed by atoms with Crippen LogP contribution in [0.25, 0.3) is 10.9 Å². The van der Waals surface area contributed by atoms with E-state index in [9.17, 15) is 22.8 Å². The van der Waals surface area contributed by atoms with Crippen LogP contribution in [0.15, 0.2) is 66.9 Å². The van der Waals surface area contributed by atoms with Crippen molar-refractivity contribution in [2.75, 3.05) is 19.6 Å². The SMILES string of the molecule is O=C(NCC(=O)N1CCC2C1CCN2C1CCCCC1)c1cccc(C(F)(F)F)c1.c1ccc2ncccc2c1.